The van der Waals surface area contributed by atoms with E-state index in [1.54, 1.807) is 12.1 Å². The van der Waals surface area contributed by atoms with Crippen molar-refractivity contribution in [1.29, 1.82) is 0 Å². The quantitative estimate of drug-likeness (QED) is 0.336. The topological polar surface area (TPSA) is 47.6 Å². The van der Waals surface area contributed by atoms with Gasteiger partial charge in [-0.05, 0) is 72.6 Å². The molecule has 0 aromatic heterocycles. The number of ether oxygens (including phenoxy) is 1. The molecule has 0 spiro atoms. The number of amides is 1. The largest absolute Gasteiger partial charge is 0.480 e. The van der Waals surface area contributed by atoms with Crippen LogP contribution in [0, 0.1) is 11.6 Å². The number of nitrogens with one attached hydrogen (secondary N) is 1. The first-order valence-corrected chi connectivity index (χ1v) is 15.2. The number of halogens is 2. The summed E-state index contributed by atoms with van der Waals surface area (Å²) in [7, 11) is -1.99. The van der Waals surface area contributed by atoms with E-state index < -0.39 is 37.0 Å². The van der Waals surface area contributed by atoms with Gasteiger partial charge < -0.3 is 14.5 Å². The van der Waals surface area contributed by atoms with Crippen molar-refractivity contribution in [3.63, 3.8) is 0 Å². The van der Waals surface area contributed by atoms with Crippen molar-refractivity contribution in [3.8, 4) is 5.75 Å². The molecule has 194 valence electrons. The van der Waals surface area contributed by atoms with E-state index in [2.05, 4.69) is 45.3 Å². The zero-order chi connectivity index (χ0) is 27.0. The summed E-state index contributed by atoms with van der Waals surface area (Å²) in [4.78, 5) is 12.5. The lowest BCUT2D eigenvalue weighted by Gasteiger charge is -2.40. The van der Waals surface area contributed by atoms with E-state index in [-0.39, 0.29) is 5.04 Å². The summed E-state index contributed by atoms with van der Waals surface area (Å²) in [5, 5.41) is 2.66. The SMILES string of the molecule is CC1(CO[Si](C)(C)C(C)(C)C)C=C(c2ccc(NC(=O)c3c(F)cccc3F)cc2)c2ccccc2O1. The van der Waals surface area contributed by atoms with Crippen LogP contribution in [0.5, 0.6) is 5.75 Å². The summed E-state index contributed by atoms with van der Waals surface area (Å²) >= 11 is 0. The maximum atomic E-state index is 14.0. The molecule has 1 N–H and O–H groups in total. The van der Waals surface area contributed by atoms with Crippen LogP contribution in [0.25, 0.3) is 5.57 Å². The van der Waals surface area contributed by atoms with Crippen molar-refractivity contribution in [2.75, 3.05) is 11.9 Å². The minimum atomic E-state index is -1.99. The van der Waals surface area contributed by atoms with Gasteiger partial charge in [-0.25, -0.2) is 8.78 Å². The second-order valence-electron chi connectivity index (χ2n) is 11.1. The summed E-state index contributed by atoms with van der Waals surface area (Å²) in [6, 6.07) is 18.4. The van der Waals surface area contributed by atoms with Gasteiger partial charge in [0.15, 0.2) is 8.32 Å². The van der Waals surface area contributed by atoms with Crippen LogP contribution in [0.3, 0.4) is 0 Å². The molecule has 7 heteroatoms. The Hall–Kier alpha value is -3.29. The van der Waals surface area contributed by atoms with Crippen molar-refractivity contribution < 1.29 is 22.7 Å². The second kappa shape index (κ2) is 9.87. The first-order valence-electron chi connectivity index (χ1n) is 12.3. The standard InChI is InChI=1S/C30H33F2NO3Si/c1-29(2,3)37(5,6)35-19-30(4)18-23(22-10-7-8-13-26(22)36-30)20-14-16-21(17-15-20)33-28(34)27-24(31)11-9-12-25(27)32/h7-18H,19H2,1-6H3,(H,33,34). The Kier molecular flexibility index (Phi) is 7.14. The zero-order valence-electron chi connectivity index (χ0n) is 22.1. The van der Waals surface area contributed by atoms with E-state index in [9.17, 15) is 13.6 Å². The summed E-state index contributed by atoms with van der Waals surface area (Å²) in [5.41, 5.74) is 2.02. The van der Waals surface area contributed by atoms with Gasteiger partial charge in [-0.1, -0.05) is 57.2 Å². The van der Waals surface area contributed by atoms with E-state index in [4.69, 9.17) is 9.16 Å². The summed E-state index contributed by atoms with van der Waals surface area (Å²) in [6.07, 6.45) is 2.09. The fraction of sp³-hybridized carbons (Fsp3) is 0.300. The van der Waals surface area contributed by atoms with Gasteiger partial charge in [0.05, 0.1) is 6.61 Å². The molecule has 4 nitrogen and oxygen atoms in total. The highest BCUT2D eigenvalue weighted by Gasteiger charge is 2.40. The van der Waals surface area contributed by atoms with Crippen LogP contribution >= 0.6 is 0 Å². The molecule has 1 heterocycles. The molecule has 4 rings (SSSR count). The number of carbonyl (C=O) groups is 1. The highest BCUT2D eigenvalue weighted by atomic mass is 28.4. The van der Waals surface area contributed by atoms with Gasteiger partial charge in [-0.15, -0.1) is 0 Å². The molecule has 0 bridgehead atoms. The molecule has 37 heavy (non-hydrogen) atoms. The van der Waals surface area contributed by atoms with Crippen LogP contribution < -0.4 is 10.1 Å². The van der Waals surface area contributed by atoms with Crippen LogP contribution in [-0.2, 0) is 4.43 Å². The Morgan fingerprint density at radius 2 is 1.59 bits per heavy atom. The molecule has 3 aromatic rings. The minimum Gasteiger partial charge on any atom is -0.480 e. The van der Waals surface area contributed by atoms with Crippen LogP contribution in [0.1, 0.15) is 49.2 Å². The Morgan fingerprint density at radius 3 is 2.22 bits per heavy atom. The first-order chi connectivity index (χ1) is 17.3. The molecule has 0 saturated heterocycles. The molecule has 1 aliphatic heterocycles. The van der Waals surface area contributed by atoms with Crippen molar-refractivity contribution in [2.24, 2.45) is 0 Å². The molecule has 0 radical (unpaired) electrons. The predicted molar refractivity (Wildman–Crippen MR) is 146 cm³/mol. The lowest BCUT2D eigenvalue weighted by Crippen LogP contribution is -2.47. The number of hydrogen-bond acceptors (Lipinski definition) is 3. The van der Waals surface area contributed by atoms with Gasteiger partial charge in [-0.3, -0.25) is 4.79 Å². The molecule has 1 atom stereocenters. The fourth-order valence-corrected chi connectivity index (χ4v) is 5.01. The normalized spacial score (nSPS) is 17.5. The third-order valence-corrected chi connectivity index (χ3v) is 11.6. The third-order valence-electron chi connectivity index (χ3n) is 7.14. The van der Waals surface area contributed by atoms with Crippen molar-refractivity contribution in [3.05, 3.63) is 101 Å². The Morgan fingerprint density at radius 1 is 0.973 bits per heavy atom. The molecule has 0 fully saturated rings. The van der Waals surface area contributed by atoms with Crippen molar-refractivity contribution in [2.45, 2.75) is 51.4 Å². The van der Waals surface area contributed by atoms with E-state index in [1.165, 1.54) is 6.07 Å². The van der Waals surface area contributed by atoms with Gasteiger partial charge in [0.2, 0.25) is 0 Å². The average molecular weight is 522 g/mol. The van der Waals surface area contributed by atoms with E-state index >= 15 is 0 Å². The zero-order valence-corrected chi connectivity index (χ0v) is 23.1. The average Bonchev–Trinajstić information content (AvgIpc) is 2.82. The number of fused-ring (bicyclic) bond motifs is 1. The van der Waals surface area contributed by atoms with Crippen LogP contribution in [0.4, 0.5) is 14.5 Å². The third kappa shape index (κ3) is 5.68. The number of rotatable bonds is 6. The van der Waals surface area contributed by atoms with E-state index in [1.807, 2.05) is 43.3 Å². The lowest BCUT2D eigenvalue weighted by atomic mass is 9.89. The molecule has 3 aromatic carbocycles. The van der Waals surface area contributed by atoms with Crippen LogP contribution in [0.15, 0.2) is 72.8 Å². The van der Waals surface area contributed by atoms with Crippen LogP contribution in [0.2, 0.25) is 18.1 Å². The number of anilines is 1. The predicted octanol–water partition coefficient (Wildman–Crippen LogP) is 7.82. The summed E-state index contributed by atoms with van der Waals surface area (Å²) in [6.45, 7) is 13.5. The van der Waals surface area contributed by atoms with Crippen molar-refractivity contribution in [1.82, 2.24) is 0 Å². The lowest BCUT2D eigenvalue weighted by molar-refractivity contribution is 0.0684. The molecular weight excluding hydrogens is 488 g/mol. The van der Waals surface area contributed by atoms with E-state index in [0.717, 1.165) is 34.6 Å². The fourth-order valence-electron chi connectivity index (χ4n) is 3.93. The van der Waals surface area contributed by atoms with Crippen molar-refractivity contribution >= 4 is 25.5 Å². The molecule has 1 aliphatic rings. The Labute approximate surface area is 218 Å². The van der Waals surface area contributed by atoms with Gasteiger partial charge in [-0.2, -0.15) is 0 Å². The van der Waals surface area contributed by atoms with E-state index in [0.29, 0.717) is 12.3 Å². The van der Waals surface area contributed by atoms with Gasteiger partial charge in [0.1, 0.15) is 28.5 Å². The summed E-state index contributed by atoms with van der Waals surface area (Å²) < 4.78 is 40.9. The molecule has 0 aliphatic carbocycles. The minimum absolute atomic E-state index is 0.0777. The number of para-hydroxylation sites is 1. The molecule has 1 unspecified atom stereocenters. The van der Waals surface area contributed by atoms with Gasteiger partial charge in [0.25, 0.3) is 5.91 Å². The smallest absolute Gasteiger partial charge is 0.261 e. The summed E-state index contributed by atoms with van der Waals surface area (Å²) in [5.74, 6) is -1.88. The number of carbonyl (C=O) groups excluding carboxylic acids is 1. The Bertz CT molecular complexity index is 1330. The number of hydrogen-bond donors (Lipinski definition) is 1. The highest BCUT2D eigenvalue weighted by Crippen LogP contribution is 2.42. The molecule has 0 saturated carbocycles. The number of benzene rings is 3. The second-order valence-corrected chi connectivity index (χ2v) is 16.0. The highest BCUT2D eigenvalue weighted by molar-refractivity contribution is 6.74. The maximum absolute atomic E-state index is 14.0. The molecule has 1 amide bonds. The van der Waals surface area contributed by atoms with Gasteiger partial charge in [0, 0.05) is 11.3 Å². The first kappa shape index (κ1) is 26.8. The maximum Gasteiger partial charge on any atom is 0.261 e. The van der Waals surface area contributed by atoms with Gasteiger partial charge >= 0.3 is 0 Å². The monoisotopic (exact) mass is 521 g/mol. The van der Waals surface area contributed by atoms with Crippen LogP contribution in [-0.4, -0.2) is 26.4 Å². The Balaban J connectivity index is 1.61. The molecular formula is C30H33F2NO3Si.